The molecule has 0 spiro atoms. The van der Waals surface area contributed by atoms with E-state index in [1.807, 2.05) is 19.1 Å². The van der Waals surface area contributed by atoms with E-state index in [2.05, 4.69) is 24.8 Å². The van der Waals surface area contributed by atoms with Gasteiger partial charge in [-0.3, -0.25) is 9.69 Å². The van der Waals surface area contributed by atoms with E-state index < -0.39 is 10.0 Å². The molecule has 34 heavy (non-hydrogen) atoms. The van der Waals surface area contributed by atoms with Crippen LogP contribution in [0.25, 0.3) is 10.2 Å². The van der Waals surface area contributed by atoms with Crippen molar-refractivity contribution in [2.75, 3.05) is 38.1 Å². The fourth-order valence-corrected chi connectivity index (χ4v) is 6.43. The molecule has 0 radical (unpaired) electrons. The van der Waals surface area contributed by atoms with Gasteiger partial charge in [-0.15, -0.1) is 0 Å². The smallest absolute Gasteiger partial charge is 0.260 e. The molecule has 1 amide bonds. The van der Waals surface area contributed by atoms with E-state index in [4.69, 9.17) is 4.98 Å². The predicted molar refractivity (Wildman–Crippen MR) is 138 cm³/mol. The number of aromatic nitrogens is 1. The second kappa shape index (κ2) is 10.1. The molecule has 1 saturated carbocycles. The first kappa shape index (κ1) is 24.8. The van der Waals surface area contributed by atoms with Crippen LogP contribution in [0, 0.1) is 6.92 Å². The van der Waals surface area contributed by atoms with Gasteiger partial charge in [-0.1, -0.05) is 31.3 Å². The van der Waals surface area contributed by atoms with Crippen LogP contribution < -0.4 is 4.90 Å². The monoisotopic (exact) mass is 500 g/mol. The number of benzene rings is 2. The lowest BCUT2D eigenvalue weighted by Gasteiger charge is -2.25. The lowest BCUT2D eigenvalue weighted by atomic mass is 10.2. The maximum absolute atomic E-state index is 13.6. The number of aryl methyl sites for hydroxylation is 1. The zero-order valence-electron chi connectivity index (χ0n) is 20.2. The van der Waals surface area contributed by atoms with Gasteiger partial charge in [0.2, 0.25) is 10.0 Å². The molecule has 182 valence electrons. The Morgan fingerprint density at radius 3 is 2.35 bits per heavy atom. The topological polar surface area (TPSA) is 73.8 Å². The van der Waals surface area contributed by atoms with Gasteiger partial charge in [0.1, 0.15) is 0 Å². The molecule has 0 saturated heterocycles. The highest BCUT2D eigenvalue weighted by Gasteiger charge is 2.35. The lowest BCUT2D eigenvalue weighted by molar-refractivity contribution is 0.0983. The normalized spacial score (nSPS) is 14.3. The third-order valence-electron chi connectivity index (χ3n) is 6.38. The number of fused-ring (bicyclic) bond motifs is 1. The van der Waals surface area contributed by atoms with Gasteiger partial charge in [-0.25, -0.2) is 13.4 Å². The van der Waals surface area contributed by atoms with Crippen molar-refractivity contribution in [2.24, 2.45) is 0 Å². The summed E-state index contributed by atoms with van der Waals surface area (Å²) >= 11 is 1.50. The quantitative estimate of drug-likeness (QED) is 0.413. The summed E-state index contributed by atoms with van der Waals surface area (Å²) in [6.45, 7) is 9.29. The Hall–Kier alpha value is -2.33. The van der Waals surface area contributed by atoms with E-state index in [0.29, 0.717) is 17.2 Å². The number of rotatable bonds is 10. The first-order valence-electron chi connectivity index (χ1n) is 11.7. The predicted octanol–water partition coefficient (Wildman–Crippen LogP) is 4.38. The number of sulfonamides is 1. The second-order valence-corrected chi connectivity index (χ2v) is 11.7. The van der Waals surface area contributed by atoms with Crippen LogP contribution in [-0.4, -0.2) is 67.8 Å². The van der Waals surface area contributed by atoms with E-state index in [0.717, 1.165) is 48.3 Å². The van der Waals surface area contributed by atoms with Crippen molar-refractivity contribution in [2.45, 2.75) is 44.6 Å². The van der Waals surface area contributed by atoms with Crippen LogP contribution in [0.15, 0.2) is 47.4 Å². The van der Waals surface area contributed by atoms with Gasteiger partial charge in [-0.05, 0) is 74.8 Å². The van der Waals surface area contributed by atoms with Crippen molar-refractivity contribution in [3.63, 3.8) is 0 Å². The zero-order valence-corrected chi connectivity index (χ0v) is 21.8. The molecule has 1 aliphatic rings. The van der Waals surface area contributed by atoms with Crippen LogP contribution in [0.2, 0.25) is 0 Å². The summed E-state index contributed by atoms with van der Waals surface area (Å²) < 4.78 is 28.2. The van der Waals surface area contributed by atoms with Crippen molar-refractivity contribution >= 4 is 42.6 Å². The van der Waals surface area contributed by atoms with Gasteiger partial charge in [0.05, 0.1) is 15.1 Å². The van der Waals surface area contributed by atoms with Gasteiger partial charge >= 0.3 is 0 Å². The van der Waals surface area contributed by atoms with Crippen molar-refractivity contribution in [3.8, 4) is 0 Å². The number of amides is 1. The third kappa shape index (κ3) is 5.17. The SMILES string of the molecule is CCN(CC)CCN(C(=O)c1ccc(S(=O)(=O)N(C)C2CC2)cc1)c1nc2ccc(C)cc2s1. The molecule has 9 heteroatoms. The van der Waals surface area contributed by atoms with E-state index in [9.17, 15) is 13.2 Å². The van der Waals surface area contributed by atoms with Gasteiger partial charge < -0.3 is 4.90 Å². The number of hydrogen-bond donors (Lipinski definition) is 0. The number of likely N-dealkylation sites (N-methyl/N-ethyl adjacent to an activating group) is 1. The molecule has 0 N–H and O–H groups in total. The second-order valence-electron chi connectivity index (χ2n) is 8.73. The molecule has 1 aliphatic carbocycles. The maximum atomic E-state index is 13.6. The van der Waals surface area contributed by atoms with Crippen molar-refractivity contribution < 1.29 is 13.2 Å². The van der Waals surface area contributed by atoms with E-state index in [1.165, 1.54) is 27.8 Å². The van der Waals surface area contributed by atoms with Crippen LogP contribution in [0.5, 0.6) is 0 Å². The standard InChI is InChI=1S/C25H32N4O3S2/c1-5-28(6-2)15-16-29(25-26-22-14-7-18(3)17-23(22)33-25)24(30)19-8-12-21(13-9-19)34(31,32)27(4)20-10-11-20/h7-9,12-14,17,20H,5-6,10-11,15-16H2,1-4H3. The Balaban J connectivity index is 1.62. The average molecular weight is 501 g/mol. The molecule has 4 rings (SSSR count). The van der Waals surface area contributed by atoms with E-state index in [1.54, 1.807) is 24.1 Å². The summed E-state index contributed by atoms with van der Waals surface area (Å²) in [5.74, 6) is -0.178. The van der Waals surface area contributed by atoms with Crippen LogP contribution in [0.4, 0.5) is 5.13 Å². The molecular weight excluding hydrogens is 468 g/mol. The van der Waals surface area contributed by atoms with Gasteiger partial charge in [-0.2, -0.15) is 4.31 Å². The van der Waals surface area contributed by atoms with Crippen molar-refractivity contribution in [3.05, 3.63) is 53.6 Å². The average Bonchev–Trinajstić information content (AvgIpc) is 3.60. The minimum absolute atomic E-state index is 0.0875. The summed E-state index contributed by atoms with van der Waals surface area (Å²) in [5.41, 5.74) is 2.47. The highest BCUT2D eigenvalue weighted by atomic mass is 32.2. The highest BCUT2D eigenvalue weighted by Crippen LogP contribution is 2.32. The summed E-state index contributed by atoms with van der Waals surface area (Å²) in [7, 11) is -1.93. The number of carbonyl (C=O) groups excluding carboxylic acids is 1. The molecule has 2 aromatic carbocycles. The Morgan fingerprint density at radius 2 is 1.74 bits per heavy atom. The molecule has 0 bridgehead atoms. The minimum Gasteiger partial charge on any atom is -0.302 e. The molecule has 3 aromatic rings. The zero-order chi connectivity index (χ0) is 24.5. The fraction of sp³-hybridized carbons (Fsp3) is 0.440. The molecule has 0 aliphatic heterocycles. The van der Waals surface area contributed by atoms with Crippen LogP contribution in [0.3, 0.4) is 0 Å². The summed E-state index contributed by atoms with van der Waals surface area (Å²) in [5, 5.41) is 0.655. The van der Waals surface area contributed by atoms with Gasteiger partial charge in [0.15, 0.2) is 5.13 Å². The van der Waals surface area contributed by atoms with E-state index >= 15 is 0 Å². The molecule has 0 atom stereocenters. The van der Waals surface area contributed by atoms with Crippen LogP contribution >= 0.6 is 11.3 Å². The van der Waals surface area contributed by atoms with Crippen LogP contribution in [0.1, 0.15) is 42.6 Å². The minimum atomic E-state index is -3.55. The first-order valence-corrected chi connectivity index (χ1v) is 14.0. The molecular formula is C25H32N4O3S2. The van der Waals surface area contributed by atoms with Gasteiger partial charge in [0.25, 0.3) is 5.91 Å². The molecule has 1 heterocycles. The summed E-state index contributed by atoms with van der Waals surface area (Å²) in [6, 6.07) is 12.5. The summed E-state index contributed by atoms with van der Waals surface area (Å²) in [4.78, 5) is 22.5. The summed E-state index contributed by atoms with van der Waals surface area (Å²) in [6.07, 6.45) is 1.80. The number of nitrogens with zero attached hydrogens (tertiary/aromatic N) is 4. The first-order chi connectivity index (χ1) is 16.2. The number of hydrogen-bond acceptors (Lipinski definition) is 6. The third-order valence-corrected chi connectivity index (χ3v) is 9.35. The van der Waals surface area contributed by atoms with Crippen molar-refractivity contribution in [1.29, 1.82) is 0 Å². The molecule has 1 aromatic heterocycles. The number of anilines is 1. The maximum Gasteiger partial charge on any atom is 0.260 e. The highest BCUT2D eigenvalue weighted by molar-refractivity contribution is 7.89. The van der Waals surface area contributed by atoms with E-state index in [-0.39, 0.29) is 16.8 Å². The van der Waals surface area contributed by atoms with Crippen LogP contribution in [-0.2, 0) is 10.0 Å². The Kier molecular flexibility index (Phi) is 7.37. The fourth-order valence-electron chi connectivity index (χ4n) is 3.93. The Bertz CT molecular complexity index is 1260. The number of carbonyl (C=O) groups is 1. The Labute approximate surface area is 206 Å². The number of thiazole rings is 1. The Morgan fingerprint density at radius 1 is 1.06 bits per heavy atom. The molecule has 1 fully saturated rings. The lowest BCUT2D eigenvalue weighted by Crippen LogP contribution is -2.38. The van der Waals surface area contributed by atoms with Gasteiger partial charge in [0, 0.05) is 31.7 Å². The largest absolute Gasteiger partial charge is 0.302 e. The van der Waals surface area contributed by atoms with Crippen molar-refractivity contribution in [1.82, 2.24) is 14.2 Å². The molecule has 0 unspecified atom stereocenters. The molecule has 7 nitrogen and oxygen atoms in total.